The summed E-state index contributed by atoms with van der Waals surface area (Å²) in [5.74, 6) is 0.286. The summed E-state index contributed by atoms with van der Waals surface area (Å²) in [6.07, 6.45) is 0. The minimum atomic E-state index is -4.04. The molecule has 8 heteroatoms. The minimum absolute atomic E-state index is 0.0473. The standard InChI is InChI=1S/C25H27BrN2O4S/c1-17(2)21-7-5-6-8-23(21)27-25(29)16-28(19-11-9-18(3)10-12-19)33(30,31)20-13-14-24(32-4)22(26)15-20/h5-15,17H,16H2,1-4H3,(H,27,29). The monoisotopic (exact) mass is 530 g/mol. The fourth-order valence-corrected chi connectivity index (χ4v) is 5.54. The second-order valence-corrected chi connectivity index (χ2v) is 10.7. The van der Waals surface area contributed by atoms with Crippen LogP contribution in [0.25, 0.3) is 0 Å². The number of benzene rings is 3. The molecule has 0 heterocycles. The lowest BCUT2D eigenvalue weighted by molar-refractivity contribution is -0.114. The lowest BCUT2D eigenvalue weighted by atomic mass is 10.0. The van der Waals surface area contributed by atoms with Crippen molar-refractivity contribution in [2.75, 3.05) is 23.3 Å². The van der Waals surface area contributed by atoms with E-state index in [0.717, 1.165) is 15.4 Å². The Morgan fingerprint density at radius 2 is 1.73 bits per heavy atom. The van der Waals surface area contributed by atoms with Crippen LogP contribution in [0.5, 0.6) is 5.75 Å². The summed E-state index contributed by atoms with van der Waals surface area (Å²) in [7, 11) is -2.54. The van der Waals surface area contributed by atoms with Crippen LogP contribution in [-0.2, 0) is 14.8 Å². The molecule has 0 unspecified atom stereocenters. The van der Waals surface area contributed by atoms with Crippen LogP contribution in [0.4, 0.5) is 11.4 Å². The van der Waals surface area contributed by atoms with E-state index in [2.05, 4.69) is 21.2 Å². The summed E-state index contributed by atoms with van der Waals surface area (Å²) >= 11 is 3.34. The van der Waals surface area contributed by atoms with Crippen molar-refractivity contribution in [3.05, 3.63) is 82.3 Å². The number of sulfonamides is 1. The van der Waals surface area contributed by atoms with E-state index in [4.69, 9.17) is 4.74 Å². The van der Waals surface area contributed by atoms with E-state index in [9.17, 15) is 13.2 Å². The van der Waals surface area contributed by atoms with E-state index in [1.807, 2.05) is 57.2 Å². The number of nitrogens with zero attached hydrogens (tertiary/aromatic N) is 1. The smallest absolute Gasteiger partial charge is 0.264 e. The van der Waals surface area contributed by atoms with Crippen LogP contribution in [-0.4, -0.2) is 28.0 Å². The molecule has 0 aliphatic heterocycles. The first-order valence-electron chi connectivity index (χ1n) is 10.4. The van der Waals surface area contributed by atoms with Crippen molar-refractivity contribution in [1.82, 2.24) is 0 Å². The molecule has 0 aliphatic carbocycles. The van der Waals surface area contributed by atoms with Crippen molar-refractivity contribution in [2.45, 2.75) is 31.6 Å². The predicted octanol–water partition coefficient (Wildman–Crippen LogP) is 5.72. The number of methoxy groups -OCH3 is 1. The molecular weight excluding hydrogens is 504 g/mol. The first-order valence-corrected chi connectivity index (χ1v) is 12.7. The highest BCUT2D eigenvalue weighted by Gasteiger charge is 2.28. The highest BCUT2D eigenvalue weighted by molar-refractivity contribution is 9.10. The molecule has 0 saturated heterocycles. The van der Waals surface area contributed by atoms with Gasteiger partial charge >= 0.3 is 0 Å². The molecule has 0 aromatic heterocycles. The summed E-state index contributed by atoms with van der Waals surface area (Å²) in [6.45, 7) is 5.62. The molecule has 0 atom stereocenters. The van der Waals surface area contributed by atoms with Gasteiger partial charge < -0.3 is 10.1 Å². The molecule has 33 heavy (non-hydrogen) atoms. The molecule has 6 nitrogen and oxygen atoms in total. The van der Waals surface area contributed by atoms with Gasteiger partial charge in [-0.1, -0.05) is 49.7 Å². The summed E-state index contributed by atoms with van der Waals surface area (Å²) in [6, 6.07) is 19.0. The highest BCUT2D eigenvalue weighted by atomic mass is 79.9. The fraction of sp³-hybridized carbons (Fsp3) is 0.240. The number of hydrogen-bond donors (Lipinski definition) is 1. The number of aryl methyl sites for hydroxylation is 1. The van der Waals surface area contributed by atoms with E-state index >= 15 is 0 Å². The summed E-state index contributed by atoms with van der Waals surface area (Å²) < 4.78 is 34.1. The molecule has 1 N–H and O–H groups in total. The molecule has 3 rings (SSSR count). The normalized spacial score (nSPS) is 11.3. The maximum absolute atomic E-state index is 13.6. The van der Waals surface area contributed by atoms with Crippen LogP contribution >= 0.6 is 15.9 Å². The van der Waals surface area contributed by atoms with E-state index in [-0.39, 0.29) is 17.4 Å². The highest BCUT2D eigenvalue weighted by Crippen LogP contribution is 2.31. The van der Waals surface area contributed by atoms with Gasteiger partial charge in [0.25, 0.3) is 10.0 Å². The minimum Gasteiger partial charge on any atom is -0.496 e. The molecule has 1 amide bonds. The van der Waals surface area contributed by atoms with E-state index < -0.39 is 15.9 Å². The lowest BCUT2D eigenvalue weighted by Gasteiger charge is -2.25. The Kier molecular flexibility index (Phi) is 7.81. The largest absolute Gasteiger partial charge is 0.496 e. The van der Waals surface area contributed by atoms with Gasteiger partial charge in [0.1, 0.15) is 12.3 Å². The number of para-hydroxylation sites is 1. The Hall–Kier alpha value is -2.84. The van der Waals surface area contributed by atoms with E-state index in [0.29, 0.717) is 21.6 Å². The third-order valence-electron chi connectivity index (χ3n) is 5.18. The number of amides is 1. The van der Waals surface area contributed by atoms with Crippen LogP contribution in [0.15, 0.2) is 76.1 Å². The summed E-state index contributed by atoms with van der Waals surface area (Å²) in [4.78, 5) is 13.1. The number of ether oxygens (including phenoxy) is 1. The van der Waals surface area contributed by atoms with Gasteiger partial charge in [-0.2, -0.15) is 0 Å². The van der Waals surface area contributed by atoms with E-state index in [1.54, 1.807) is 18.2 Å². The zero-order valence-corrected chi connectivity index (χ0v) is 21.4. The van der Waals surface area contributed by atoms with Crippen LogP contribution < -0.4 is 14.4 Å². The Labute approximate surface area is 203 Å². The number of carbonyl (C=O) groups is 1. The maximum Gasteiger partial charge on any atom is 0.264 e. The Bertz CT molecular complexity index is 1240. The fourth-order valence-electron chi connectivity index (χ4n) is 3.40. The van der Waals surface area contributed by atoms with Gasteiger partial charge in [0.15, 0.2) is 0 Å². The van der Waals surface area contributed by atoms with Crippen molar-refractivity contribution < 1.29 is 17.9 Å². The third kappa shape index (κ3) is 5.75. The topological polar surface area (TPSA) is 75.7 Å². The van der Waals surface area contributed by atoms with Crippen molar-refractivity contribution in [2.24, 2.45) is 0 Å². The average Bonchev–Trinajstić information content (AvgIpc) is 2.78. The second-order valence-electron chi connectivity index (χ2n) is 7.93. The predicted molar refractivity (Wildman–Crippen MR) is 136 cm³/mol. The molecule has 0 fully saturated rings. The van der Waals surface area contributed by atoms with Gasteiger partial charge in [0.2, 0.25) is 5.91 Å². The molecular formula is C25H27BrN2O4S. The van der Waals surface area contributed by atoms with Gasteiger partial charge in [0, 0.05) is 5.69 Å². The second kappa shape index (κ2) is 10.4. The van der Waals surface area contributed by atoms with Crippen molar-refractivity contribution >= 4 is 43.2 Å². The Morgan fingerprint density at radius 1 is 1.06 bits per heavy atom. The van der Waals surface area contributed by atoms with Crippen molar-refractivity contribution in [3.63, 3.8) is 0 Å². The number of nitrogens with one attached hydrogen (secondary N) is 1. The SMILES string of the molecule is COc1ccc(S(=O)(=O)N(CC(=O)Nc2ccccc2C(C)C)c2ccc(C)cc2)cc1Br. The van der Waals surface area contributed by atoms with Crippen LogP contribution in [0.2, 0.25) is 0 Å². The van der Waals surface area contributed by atoms with Gasteiger partial charge in [-0.15, -0.1) is 0 Å². The maximum atomic E-state index is 13.6. The average molecular weight is 531 g/mol. The van der Waals surface area contributed by atoms with Crippen LogP contribution in [0, 0.1) is 6.92 Å². The number of rotatable bonds is 8. The van der Waals surface area contributed by atoms with Gasteiger partial charge in [-0.05, 0) is 70.7 Å². The Balaban J connectivity index is 1.98. The quantitative estimate of drug-likeness (QED) is 0.403. The first-order chi connectivity index (χ1) is 15.6. The van der Waals surface area contributed by atoms with Gasteiger partial charge in [-0.3, -0.25) is 9.10 Å². The van der Waals surface area contributed by atoms with Gasteiger partial charge in [0.05, 0.1) is 22.2 Å². The van der Waals surface area contributed by atoms with Crippen molar-refractivity contribution in [1.29, 1.82) is 0 Å². The lowest BCUT2D eigenvalue weighted by Crippen LogP contribution is -2.38. The van der Waals surface area contributed by atoms with Crippen LogP contribution in [0.3, 0.4) is 0 Å². The molecule has 0 spiro atoms. The zero-order chi connectivity index (χ0) is 24.2. The number of anilines is 2. The Morgan fingerprint density at radius 3 is 2.33 bits per heavy atom. The van der Waals surface area contributed by atoms with Crippen LogP contribution in [0.1, 0.15) is 30.9 Å². The third-order valence-corrected chi connectivity index (χ3v) is 7.57. The summed E-state index contributed by atoms with van der Waals surface area (Å²) in [5, 5.41) is 2.88. The molecule has 0 aliphatic rings. The first kappa shape index (κ1) is 24.8. The summed E-state index contributed by atoms with van der Waals surface area (Å²) in [5.41, 5.74) is 3.04. The molecule has 0 saturated carbocycles. The van der Waals surface area contributed by atoms with Crippen molar-refractivity contribution in [3.8, 4) is 5.75 Å². The number of carbonyl (C=O) groups excluding carboxylic acids is 1. The van der Waals surface area contributed by atoms with E-state index in [1.165, 1.54) is 19.2 Å². The molecule has 0 bridgehead atoms. The number of halogens is 1. The zero-order valence-electron chi connectivity index (χ0n) is 19.0. The molecule has 0 radical (unpaired) electrons. The number of hydrogen-bond acceptors (Lipinski definition) is 4. The molecule has 3 aromatic carbocycles. The molecule has 3 aromatic rings. The molecule has 174 valence electrons. The van der Waals surface area contributed by atoms with Gasteiger partial charge in [-0.25, -0.2) is 8.42 Å².